The van der Waals surface area contributed by atoms with Crippen LogP contribution in [-0.4, -0.2) is 38.2 Å². The van der Waals surface area contributed by atoms with Crippen molar-refractivity contribution in [2.75, 3.05) is 27.2 Å². The molecule has 1 aliphatic heterocycles. The summed E-state index contributed by atoms with van der Waals surface area (Å²) in [6.45, 7) is 6.33. The molecule has 0 aliphatic carbocycles. The van der Waals surface area contributed by atoms with Gasteiger partial charge in [0.25, 0.3) is 0 Å². The molecule has 0 spiro atoms. The largest absolute Gasteiger partial charge is 0.493 e. The fourth-order valence-electron chi connectivity index (χ4n) is 2.65. The Morgan fingerprint density at radius 3 is 2.83 bits per heavy atom. The van der Waals surface area contributed by atoms with Gasteiger partial charge in [-0.2, -0.15) is 0 Å². The molecule has 1 N–H and O–H groups in total. The van der Waals surface area contributed by atoms with Crippen LogP contribution in [0, 0.1) is 5.92 Å². The van der Waals surface area contributed by atoms with Gasteiger partial charge in [0.2, 0.25) is 0 Å². The zero-order chi connectivity index (χ0) is 13.1. The molecule has 1 aliphatic rings. The SMILES string of the molecule is CC(CN(C)C)NC1c2ccccc2OCC1C. The summed E-state index contributed by atoms with van der Waals surface area (Å²) in [7, 11) is 4.22. The van der Waals surface area contributed by atoms with Gasteiger partial charge in [-0.25, -0.2) is 0 Å². The van der Waals surface area contributed by atoms with Crippen molar-refractivity contribution in [3.05, 3.63) is 29.8 Å². The molecule has 1 aromatic carbocycles. The Balaban J connectivity index is 2.11. The zero-order valence-corrected chi connectivity index (χ0v) is 11.8. The van der Waals surface area contributed by atoms with Crippen LogP contribution in [0.3, 0.4) is 0 Å². The second-order valence-corrected chi connectivity index (χ2v) is 5.63. The molecule has 100 valence electrons. The number of rotatable bonds is 4. The highest BCUT2D eigenvalue weighted by atomic mass is 16.5. The maximum absolute atomic E-state index is 5.78. The monoisotopic (exact) mass is 248 g/mol. The van der Waals surface area contributed by atoms with E-state index in [9.17, 15) is 0 Å². The molecule has 3 nitrogen and oxygen atoms in total. The van der Waals surface area contributed by atoms with Crippen molar-refractivity contribution in [2.45, 2.75) is 25.9 Å². The van der Waals surface area contributed by atoms with Crippen LogP contribution < -0.4 is 10.1 Å². The average Bonchev–Trinajstić information content (AvgIpc) is 2.32. The Kier molecular flexibility index (Phi) is 4.25. The van der Waals surface area contributed by atoms with Gasteiger partial charge in [-0.1, -0.05) is 25.1 Å². The lowest BCUT2D eigenvalue weighted by Gasteiger charge is -2.34. The zero-order valence-electron chi connectivity index (χ0n) is 11.8. The minimum atomic E-state index is 0.393. The molecule has 0 saturated heterocycles. The fraction of sp³-hybridized carbons (Fsp3) is 0.600. The van der Waals surface area contributed by atoms with Gasteiger partial charge in [0.15, 0.2) is 0 Å². The molecule has 0 fully saturated rings. The van der Waals surface area contributed by atoms with Gasteiger partial charge in [0, 0.05) is 30.1 Å². The number of para-hydroxylation sites is 1. The van der Waals surface area contributed by atoms with Crippen molar-refractivity contribution in [3.63, 3.8) is 0 Å². The van der Waals surface area contributed by atoms with E-state index in [0.29, 0.717) is 18.0 Å². The third kappa shape index (κ3) is 3.03. The molecule has 3 atom stereocenters. The number of benzene rings is 1. The van der Waals surface area contributed by atoms with Gasteiger partial charge in [-0.15, -0.1) is 0 Å². The highest BCUT2D eigenvalue weighted by molar-refractivity contribution is 5.38. The first-order chi connectivity index (χ1) is 8.58. The van der Waals surface area contributed by atoms with Crippen molar-refractivity contribution in [3.8, 4) is 5.75 Å². The molecule has 0 aromatic heterocycles. The van der Waals surface area contributed by atoms with E-state index in [1.165, 1.54) is 5.56 Å². The first kappa shape index (κ1) is 13.4. The highest BCUT2D eigenvalue weighted by Gasteiger charge is 2.28. The second-order valence-electron chi connectivity index (χ2n) is 5.63. The number of nitrogens with zero attached hydrogens (tertiary/aromatic N) is 1. The highest BCUT2D eigenvalue weighted by Crippen LogP contribution is 2.35. The van der Waals surface area contributed by atoms with Gasteiger partial charge < -0.3 is 15.0 Å². The van der Waals surface area contributed by atoms with E-state index >= 15 is 0 Å². The predicted molar refractivity (Wildman–Crippen MR) is 75.0 cm³/mol. The lowest BCUT2D eigenvalue weighted by Crippen LogP contribution is -2.42. The summed E-state index contributed by atoms with van der Waals surface area (Å²) in [6.07, 6.45) is 0. The maximum Gasteiger partial charge on any atom is 0.124 e. The van der Waals surface area contributed by atoms with E-state index in [0.717, 1.165) is 18.9 Å². The van der Waals surface area contributed by atoms with Gasteiger partial charge >= 0.3 is 0 Å². The molecule has 3 heteroatoms. The number of hydrogen-bond acceptors (Lipinski definition) is 3. The number of nitrogens with one attached hydrogen (secondary N) is 1. The van der Waals surface area contributed by atoms with Crippen molar-refractivity contribution >= 4 is 0 Å². The van der Waals surface area contributed by atoms with Gasteiger partial charge in [-0.05, 0) is 27.1 Å². The standard InChI is InChI=1S/C15H24N2O/c1-11-10-18-14-8-6-5-7-13(14)15(11)16-12(2)9-17(3)4/h5-8,11-12,15-16H,9-10H2,1-4H3. The van der Waals surface area contributed by atoms with Gasteiger partial charge in [0.05, 0.1) is 6.61 Å². The lowest BCUT2D eigenvalue weighted by molar-refractivity contribution is 0.176. The molecule has 0 radical (unpaired) electrons. The van der Waals surface area contributed by atoms with Crippen LogP contribution in [0.25, 0.3) is 0 Å². The quantitative estimate of drug-likeness (QED) is 0.885. The molecular weight excluding hydrogens is 224 g/mol. The van der Waals surface area contributed by atoms with Gasteiger partial charge in [0.1, 0.15) is 5.75 Å². The first-order valence-electron chi connectivity index (χ1n) is 6.70. The lowest BCUT2D eigenvalue weighted by atomic mass is 9.91. The molecule has 0 bridgehead atoms. The molecule has 3 unspecified atom stereocenters. The minimum absolute atomic E-state index is 0.393. The fourth-order valence-corrected chi connectivity index (χ4v) is 2.65. The predicted octanol–water partition coefficient (Wildman–Crippen LogP) is 2.30. The summed E-state index contributed by atoms with van der Waals surface area (Å²) in [6, 6.07) is 9.22. The van der Waals surface area contributed by atoms with E-state index in [1.807, 2.05) is 6.07 Å². The smallest absolute Gasteiger partial charge is 0.124 e. The van der Waals surface area contributed by atoms with Crippen LogP contribution in [-0.2, 0) is 0 Å². The molecular formula is C15H24N2O. The van der Waals surface area contributed by atoms with Crippen molar-refractivity contribution in [2.24, 2.45) is 5.92 Å². The van der Waals surface area contributed by atoms with E-state index in [-0.39, 0.29) is 0 Å². The Morgan fingerprint density at radius 2 is 2.11 bits per heavy atom. The summed E-state index contributed by atoms with van der Waals surface area (Å²) < 4.78 is 5.78. The van der Waals surface area contributed by atoms with Crippen molar-refractivity contribution < 1.29 is 4.74 Å². The Hall–Kier alpha value is -1.06. The number of fused-ring (bicyclic) bond motifs is 1. The van der Waals surface area contributed by atoms with Crippen LogP contribution in [0.5, 0.6) is 5.75 Å². The molecule has 18 heavy (non-hydrogen) atoms. The molecule has 0 amide bonds. The molecule has 1 heterocycles. The van der Waals surface area contributed by atoms with Gasteiger partial charge in [-0.3, -0.25) is 0 Å². The van der Waals surface area contributed by atoms with Crippen LogP contribution in [0.1, 0.15) is 25.5 Å². The van der Waals surface area contributed by atoms with E-state index < -0.39 is 0 Å². The Labute approximate surface area is 110 Å². The van der Waals surface area contributed by atoms with Crippen LogP contribution in [0.4, 0.5) is 0 Å². The Bertz CT molecular complexity index is 392. The van der Waals surface area contributed by atoms with E-state index in [2.05, 4.69) is 56.4 Å². The minimum Gasteiger partial charge on any atom is -0.493 e. The number of likely N-dealkylation sites (N-methyl/N-ethyl adjacent to an activating group) is 1. The summed E-state index contributed by atoms with van der Waals surface area (Å²) in [5.74, 6) is 1.54. The van der Waals surface area contributed by atoms with Crippen LogP contribution in [0.15, 0.2) is 24.3 Å². The normalized spacial score (nSPS) is 24.5. The van der Waals surface area contributed by atoms with Crippen LogP contribution in [0.2, 0.25) is 0 Å². The molecule has 2 rings (SSSR count). The number of ether oxygens (including phenoxy) is 1. The topological polar surface area (TPSA) is 24.5 Å². The third-order valence-corrected chi connectivity index (χ3v) is 3.43. The maximum atomic E-state index is 5.78. The average molecular weight is 248 g/mol. The summed E-state index contributed by atoms with van der Waals surface area (Å²) in [4.78, 5) is 2.22. The van der Waals surface area contributed by atoms with Crippen molar-refractivity contribution in [1.29, 1.82) is 0 Å². The van der Waals surface area contributed by atoms with Crippen LogP contribution >= 0.6 is 0 Å². The van der Waals surface area contributed by atoms with Crippen molar-refractivity contribution in [1.82, 2.24) is 10.2 Å². The van der Waals surface area contributed by atoms with E-state index in [1.54, 1.807) is 0 Å². The summed E-state index contributed by atoms with van der Waals surface area (Å²) in [5.41, 5.74) is 1.29. The first-order valence-corrected chi connectivity index (χ1v) is 6.70. The number of hydrogen-bond donors (Lipinski definition) is 1. The summed E-state index contributed by atoms with van der Waals surface area (Å²) >= 11 is 0. The third-order valence-electron chi connectivity index (χ3n) is 3.43. The van der Waals surface area contributed by atoms with E-state index in [4.69, 9.17) is 4.74 Å². The second kappa shape index (κ2) is 5.72. The Morgan fingerprint density at radius 1 is 1.39 bits per heavy atom. The summed E-state index contributed by atoms with van der Waals surface area (Å²) in [5, 5.41) is 3.73. The molecule has 1 aromatic rings. The molecule has 0 saturated carbocycles.